The quantitative estimate of drug-likeness (QED) is 0.720. The highest BCUT2D eigenvalue weighted by molar-refractivity contribution is 6.00. The first kappa shape index (κ1) is 18.1. The van der Waals surface area contributed by atoms with Crippen LogP contribution in [-0.2, 0) is 14.4 Å². The average Bonchev–Trinajstić information content (AvgIpc) is 3.13. The smallest absolute Gasteiger partial charge is 0.264 e. The van der Waals surface area contributed by atoms with Gasteiger partial charge in [0.05, 0.1) is 0 Å². The minimum Gasteiger partial charge on any atom is -0.454 e. The summed E-state index contributed by atoms with van der Waals surface area (Å²) in [6.45, 7) is 0.431. The number of fused-ring (bicyclic) bond motifs is 2. The molecule has 3 aliphatic rings. The molecule has 3 aliphatic heterocycles. The van der Waals surface area contributed by atoms with E-state index in [1.807, 2.05) is 0 Å². The summed E-state index contributed by atoms with van der Waals surface area (Å²) >= 11 is 0. The Balaban J connectivity index is 1.55. The Morgan fingerprint density at radius 2 is 1.93 bits per heavy atom. The lowest BCUT2D eigenvalue weighted by molar-refractivity contribution is -0.175. The number of primary amides is 1. The molecule has 0 aliphatic carbocycles. The number of hydrogen-bond acceptors (Lipinski definition) is 6. The number of nitrogens with zero attached hydrogens (tertiary/aromatic N) is 2. The zero-order chi connectivity index (χ0) is 19.8. The van der Waals surface area contributed by atoms with Gasteiger partial charge in [-0.1, -0.05) is 0 Å². The van der Waals surface area contributed by atoms with E-state index in [1.165, 1.54) is 11.1 Å². The van der Waals surface area contributed by atoms with Crippen LogP contribution >= 0.6 is 0 Å². The molecule has 0 radical (unpaired) electrons. The van der Waals surface area contributed by atoms with Gasteiger partial charge in [0.1, 0.15) is 12.1 Å². The standard InChI is InChI=1S/C18H20N4O6/c19-16(24)12-2-1-7-21-15(23)6-4-11(18(26)22(12)21)20-17(25)10-3-5-13-14(8-10)28-9-27-13/h3,5,8,11-12H,1-2,4,6-7,9H2,(H2,19,24)(H,20,25). The van der Waals surface area contributed by atoms with E-state index in [0.717, 1.165) is 5.01 Å². The summed E-state index contributed by atoms with van der Waals surface area (Å²) in [6, 6.07) is 2.88. The highest BCUT2D eigenvalue weighted by atomic mass is 16.7. The molecule has 0 aromatic heterocycles. The molecule has 0 bridgehead atoms. The first-order valence-corrected chi connectivity index (χ1v) is 9.09. The van der Waals surface area contributed by atoms with E-state index >= 15 is 0 Å². The maximum atomic E-state index is 13.1. The van der Waals surface area contributed by atoms with E-state index in [1.54, 1.807) is 12.1 Å². The third-order valence-corrected chi connectivity index (χ3v) is 5.13. The third-order valence-electron chi connectivity index (χ3n) is 5.13. The van der Waals surface area contributed by atoms with E-state index in [9.17, 15) is 19.2 Å². The molecule has 3 heterocycles. The number of amides is 4. The first-order valence-electron chi connectivity index (χ1n) is 9.09. The lowest BCUT2D eigenvalue weighted by Crippen LogP contribution is -2.63. The van der Waals surface area contributed by atoms with E-state index < -0.39 is 29.8 Å². The summed E-state index contributed by atoms with van der Waals surface area (Å²) in [5, 5.41) is 5.09. The van der Waals surface area contributed by atoms with Crippen molar-refractivity contribution in [2.24, 2.45) is 5.73 Å². The molecule has 1 aromatic rings. The Kier molecular flexibility index (Phi) is 4.54. The predicted octanol–water partition coefficient (Wildman–Crippen LogP) is -0.473. The summed E-state index contributed by atoms with van der Waals surface area (Å²) in [4.78, 5) is 50.0. The van der Waals surface area contributed by atoms with E-state index in [-0.39, 0.29) is 25.5 Å². The van der Waals surface area contributed by atoms with E-state index in [4.69, 9.17) is 15.2 Å². The van der Waals surface area contributed by atoms with Crippen molar-refractivity contribution >= 4 is 23.6 Å². The van der Waals surface area contributed by atoms with Crippen molar-refractivity contribution in [2.45, 2.75) is 37.8 Å². The van der Waals surface area contributed by atoms with Crippen molar-refractivity contribution in [1.82, 2.24) is 15.3 Å². The fourth-order valence-electron chi connectivity index (χ4n) is 3.71. The Hall–Kier alpha value is -3.30. The zero-order valence-corrected chi connectivity index (χ0v) is 15.1. The lowest BCUT2D eigenvalue weighted by atomic mass is 10.1. The van der Waals surface area contributed by atoms with Gasteiger partial charge in [-0.05, 0) is 37.5 Å². The van der Waals surface area contributed by atoms with Crippen LogP contribution in [0.4, 0.5) is 0 Å². The van der Waals surface area contributed by atoms with Gasteiger partial charge < -0.3 is 20.5 Å². The van der Waals surface area contributed by atoms with Gasteiger partial charge in [-0.3, -0.25) is 24.2 Å². The number of nitrogens with one attached hydrogen (secondary N) is 1. The van der Waals surface area contributed by atoms with Gasteiger partial charge in [0.25, 0.3) is 11.8 Å². The van der Waals surface area contributed by atoms with Crippen LogP contribution in [0.3, 0.4) is 0 Å². The number of carbonyl (C=O) groups is 4. The second-order valence-electron chi connectivity index (χ2n) is 6.89. The number of ether oxygens (including phenoxy) is 2. The van der Waals surface area contributed by atoms with Crippen LogP contribution in [0.15, 0.2) is 18.2 Å². The fraction of sp³-hybridized carbons (Fsp3) is 0.444. The van der Waals surface area contributed by atoms with Crippen LogP contribution in [-0.4, -0.2) is 59.1 Å². The van der Waals surface area contributed by atoms with E-state index in [0.29, 0.717) is 36.4 Å². The molecule has 3 N–H and O–H groups in total. The zero-order valence-electron chi connectivity index (χ0n) is 15.1. The normalized spacial score (nSPS) is 23.9. The molecular weight excluding hydrogens is 368 g/mol. The Morgan fingerprint density at radius 1 is 1.14 bits per heavy atom. The van der Waals surface area contributed by atoms with Crippen molar-refractivity contribution < 1.29 is 28.7 Å². The minimum absolute atomic E-state index is 0.0831. The molecule has 4 rings (SSSR count). The molecule has 0 saturated carbocycles. The number of hydrazine groups is 1. The molecule has 0 spiro atoms. The average molecular weight is 388 g/mol. The molecule has 2 fully saturated rings. The second-order valence-corrected chi connectivity index (χ2v) is 6.89. The van der Waals surface area contributed by atoms with Crippen LogP contribution in [0.1, 0.15) is 36.0 Å². The van der Waals surface area contributed by atoms with Crippen LogP contribution in [0.2, 0.25) is 0 Å². The fourth-order valence-corrected chi connectivity index (χ4v) is 3.71. The highest BCUT2D eigenvalue weighted by Crippen LogP contribution is 2.32. The second kappa shape index (κ2) is 7.02. The molecule has 1 aromatic carbocycles. The number of carbonyl (C=O) groups excluding carboxylic acids is 4. The van der Waals surface area contributed by atoms with Crippen molar-refractivity contribution in [2.75, 3.05) is 13.3 Å². The lowest BCUT2D eigenvalue weighted by Gasteiger charge is -2.42. The summed E-state index contributed by atoms with van der Waals surface area (Å²) in [7, 11) is 0. The molecule has 2 unspecified atom stereocenters. The summed E-state index contributed by atoms with van der Waals surface area (Å²) in [6.07, 6.45) is 1.19. The molecule has 2 atom stereocenters. The molecule has 10 heteroatoms. The largest absolute Gasteiger partial charge is 0.454 e. The maximum absolute atomic E-state index is 13.1. The Labute approximate surface area is 160 Å². The van der Waals surface area contributed by atoms with Gasteiger partial charge in [-0.25, -0.2) is 5.01 Å². The summed E-state index contributed by atoms with van der Waals surface area (Å²) in [5.41, 5.74) is 5.74. The van der Waals surface area contributed by atoms with Crippen molar-refractivity contribution in [3.63, 3.8) is 0 Å². The van der Waals surface area contributed by atoms with E-state index in [2.05, 4.69) is 5.32 Å². The van der Waals surface area contributed by atoms with Gasteiger partial charge in [-0.2, -0.15) is 0 Å². The Bertz CT molecular complexity index is 856. The van der Waals surface area contributed by atoms with Crippen LogP contribution in [0, 0.1) is 0 Å². The molecular formula is C18H20N4O6. The first-order chi connectivity index (χ1) is 13.5. The van der Waals surface area contributed by atoms with Gasteiger partial charge in [0.15, 0.2) is 11.5 Å². The minimum atomic E-state index is -0.938. The Morgan fingerprint density at radius 3 is 2.71 bits per heavy atom. The molecule has 10 nitrogen and oxygen atoms in total. The molecule has 2 saturated heterocycles. The SMILES string of the molecule is NC(=O)C1CCCN2C(=O)CCC(NC(=O)c3ccc4c(c3)OCO4)C(=O)N12. The summed E-state index contributed by atoms with van der Waals surface area (Å²) < 4.78 is 10.5. The van der Waals surface area contributed by atoms with Crippen LogP contribution in [0.5, 0.6) is 11.5 Å². The predicted molar refractivity (Wildman–Crippen MR) is 93.8 cm³/mol. The third kappa shape index (κ3) is 3.10. The molecule has 148 valence electrons. The summed E-state index contributed by atoms with van der Waals surface area (Å²) in [5.74, 6) is -0.937. The van der Waals surface area contributed by atoms with Crippen molar-refractivity contribution in [3.8, 4) is 11.5 Å². The number of nitrogens with two attached hydrogens (primary N) is 1. The highest BCUT2D eigenvalue weighted by Gasteiger charge is 2.43. The number of benzene rings is 1. The maximum Gasteiger partial charge on any atom is 0.264 e. The van der Waals surface area contributed by atoms with Gasteiger partial charge in [0, 0.05) is 18.5 Å². The van der Waals surface area contributed by atoms with Crippen LogP contribution in [0.25, 0.3) is 0 Å². The van der Waals surface area contributed by atoms with Crippen LogP contribution < -0.4 is 20.5 Å². The van der Waals surface area contributed by atoms with Crippen molar-refractivity contribution in [1.29, 1.82) is 0 Å². The van der Waals surface area contributed by atoms with Gasteiger partial charge >= 0.3 is 0 Å². The van der Waals surface area contributed by atoms with Crippen molar-refractivity contribution in [3.05, 3.63) is 23.8 Å². The number of rotatable bonds is 3. The molecule has 28 heavy (non-hydrogen) atoms. The molecule has 4 amide bonds. The number of hydrogen-bond donors (Lipinski definition) is 2. The van der Waals surface area contributed by atoms with Gasteiger partial charge in [-0.15, -0.1) is 0 Å². The van der Waals surface area contributed by atoms with Gasteiger partial charge in [0.2, 0.25) is 18.6 Å². The topological polar surface area (TPSA) is 131 Å². The monoisotopic (exact) mass is 388 g/mol.